The van der Waals surface area contributed by atoms with Gasteiger partial charge in [-0.1, -0.05) is 26.0 Å². The lowest BCUT2D eigenvalue weighted by atomic mass is 10.1. The van der Waals surface area contributed by atoms with E-state index in [1.54, 1.807) is 13.0 Å². The van der Waals surface area contributed by atoms with Gasteiger partial charge in [0.2, 0.25) is 0 Å². The minimum Gasteiger partial charge on any atom is -0.486 e. The smallest absolute Gasteiger partial charge is 0.163 e. The third-order valence-corrected chi connectivity index (χ3v) is 3.62. The van der Waals surface area contributed by atoms with Crippen molar-refractivity contribution >= 4 is 5.78 Å². The molecule has 0 fully saturated rings. The number of rotatable bonds is 7. The standard InChI is InChI=1S/C17H22N2O2/c1-4-15(5-2)19-11-10-14(18-19)12-21-17-9-7-6-8-16(17)13(3)20/h6-11,15H,4-5,12H2,1-3H3. The van der Waals surface area contributed by atoms with Crippen LogP contribution in [0.25, 0.3) is 0 Å². The van der Waals surface area contributed by atoms with Crippen molar-refractivity contribution in [1.29, 1.82) is 0 Å². The summed E-state index contributed by atoms with van der Waals surface area (Å²) >= 11 is 0. The molecule has 0 radical (unpaired) electrons. The fraction of sp³-hybridized carbons (Fsp3) is 0.412. The Morgan fingerprint density at radius 2 is 1.95 bits per heavy atom. The van der Waals surface area contributed by atoms with Gasteiger partial charge in [0.25, 0.3) is 0 Å². The van der Waals surface area contributed by atoms with Gasteiger partial charge in [-0.15, -0.1) is 0 Å². The number of ketones is 1. The summed E-state index contributed by atoms with van der Waals surface area (Å²) in [5.41, 5.74) is 1.48. The zero-order valence-electron chi connectivity index (χ0n) is 12.9. The van der Waals surface area contributed by atoms with Crippen LogP contribution in [0, 0.1) is 0 Å². The molecule has 0 aliphatic rings. The fourth-order valence-corrected chi connectivity index (χ4v) is 2.36. The van der Waals surface area contributed by atoms with Gasteiger partial charge < -0.3 is 4.74 Å². The average molecular weight is 286 g/mol. The van der Waals surface area contributed by atoms with Crippen molar-refractivity contribution in [3.63, 3.8) is 0 Å². The van der Waals surface area contributed by atoms with Gasteiger partial charge in [0.15, 0.2) is 5.78 Å². The van der Waals surface area contributed by atoms with E-state index in [0.29, 0.717) is 24.0 Å². The molecule has 1 heterocycles. The molecule has 0 N–H and O–H groups in total. The van der Waals surface area contributed by atoms with Gasteiger partial charge >= 0.3 is 0 Å². The molecule has 1 aromatic carbocycles. The molecule has 0 saturated heterocycles. The van der Waals surface area contributed by atoms with Crippen LogP contribution < -0.4 is 4.74 Å². The monoisotopic (exact) mass is 286 g/mol. The minimum atomic E-state index is 0.00755. The Morgan fingerprint density at radius 1 is 1.24 bits per heavy atom. The van der Waals surface area contributed by atoms with Crippen LogP contribution in [0.15, 0.2) is 36.5 Å². The molecule has 0 amide bonds. The lowest BCUT2D eigenvalue weighted by Crippen LogP contribution is -2.08. The van der Waals surface area contributed by atoms with Crippen LogP contribution in [0.5, 0.6) is 5.75 Å². The highest BCUT2D eigenvalue weighted by Gasteiger charge is 2.10. The van der Waals surface area contributed by atoms with E-state index < -0.39 is 0 Å². The summed E-state index contributed by atoms with van der Waals surface area (Å²) in [4.78, 5) is 11.5. The van der Waals surface area contributed by atoms with Crippen molar-refractivity contribution in [1.82, 2.24) is 9.78 Å². The van der Waals surface area contributed by atoms with Crippen LogP contribution >= 0.6 is 0 Å². The molecular weight excluding hydrogens is 264 g/mol. The Morgan fingerprint density at radius 3 is 2.62 bits per heavy atom. The summed E-state index contributed by atoms with van der Waals surface area (Å²) < 4.78 is 7.74. The van der Waals surface area contributed by atoms with E-state index in [1.807, 2.05) is 35.1 Å². The molecule has 4 heteroatoms. The number of para-hydroxylation sites is 1. The van der Waals surface area contributed by atoms with E-state index >= 15 is 0 Å². The maximum Gasteiger partial charge on any atom is 0.163 e. The van der Waals surface area contributed by atoms with Gasteiger partial charge in [0.1, 0.15) is 12.4 Å². The van der Waals surface area contributed by atoms with Gasteiger partial charge in [0.05, 0.1) is 17.3 Å². The van der Waals surface area contributed by atoms with E-state index in [0.717, 1.165) is 18.5 Å². The molecule has 0 atom stereocenters. The number of carbonyl (C=O) groups is 1. The lowest BCUT2D eigenvalue weighted by molar-refractivity contribution is 0.101. The molecule has 0 aliphatic heterocycles. The quantitative estimate of drug-likeness (QED) is 0.722. The minimum absolute atomic E-state index is 0.00755. The van der Waals surface area contributed by atoms with E-state index in [2.05, 4.69) is 18.9 Å². The molecule has 2 aromatic rings. The van der Waals surface area contributed by atoms with Crippen molar-refractivity contribution in [3.8, 4) is 5.75 Å². The Kier molecular flexibility index (Phi) is 5.14. The summed E-state index contributed by atoms with van der Waals surface area (Å²) in [6.07, 6.45) is 4.12. The molecule has 0 spiro atoms. The zero-order chi connectivity index (χ0) is 15.2. The number of hydrogen-bond acceptors (Lipinski definition) is 3. The van der Waals surface area contributed by atoms with Gasteiger partial charge in [-0.3, -0.25) is 9.48 Å². The molecular formula is C17H22N2O2. The van der Waals surface area contributed by atoms with E-state index in [4.69, 9.17) is 4.74 Å². The Labute approximate surface area is 125 Å². The predicted octanol–water partition coefficient (Wildman–Crippen LogP) is 4.03. The highest BCUT2D eigenvalue weighted by molar-refractivity contribution is 5.96. The van der Waals surface area contributed by atoms with Crippen LogP contribution in [0.1, 0.15) is 55.7 Å². The van der Waals surface area contributed by atoms with Crippen molar-refractivity contribution in [2.24, 2.45) is 0 Å². The van der Waals surface area contributed by atoms with Crippen LogP contribution in [0.3, 0.4) is 0 Å². The third kappa shape index (κ3) is 3.72. The van der Waals surface area contributed by atoms with Gasteiger partial charge in [0, 0.05) is 6.20 Å². The van der Waals surface area contributed by atoms with Crippen LogP contribution in [-0.2, 0) is 6.61 Å². The lowest BCUT2D eigenvalue weighted by Gasteiger charge is -2.12. The van der Waals surface area contributed by atoms with Crippen LogP contribution in [0.2, 0.25) is 0 Å². The summed E-state index contributed by atoms with van der Waals surface area (Å²) in [6.45, 7) is 6.24. The number of hydrogen-bond donors (Lipinski definition) is 0. The number of carbonyl (C=O) groups excluding carboxylic acids is 1. The number of benzene rings is 1. The molecule has 1 aromatic heterocycles. The van der Waals surface area contributed by atoms with Crippen molar-refractivity contribution in [3.05, 3.63) is 47.8 Å². The summed E-state index contributed by atoms with van der Waals surface area (Å²) in [7, 11) is 0. The number of Topliss-reactive ketones (excluding diaryl/α,β-unsaturated/α-hetero) is 1. The second kappa shape index (κ2) is 7.07. The van der Waals surface area contributed by atoms with Crippen molar-refractivity contribution < 1.29 is 9.53 Å². The van der Waals surface area contributed by atoms with Gasteiger partial charge in [-0.05, 0) is 38.0 Å². The Hall–Kier alpha value is -2.10. The van der Waals surface area contributed by atoms with Crippen LogP contribution in [0.4, 0.5) is 0 Å². The number of aromatic nitrogens is 2. The fourth-order valence-electron chi connectivity index (χ4n) is 2.36. The van der Waals surface area contributed by atoms with E-state index in [-0.39, 0.29) is 5.78 Å². The second-order valence-electron chi connectivity index (χ2n) is 5.10. The average Bonchev–Trinajstić information content (AvgIpc) is 2.95. The molecule has 112 valence electrons. The Bertz CT molecular complexity index is 600. The summed E-state index contributed by atoms with van der Waals surface area (Å²) in [5, 5.41) is 4.55. The first-order valence-electron chi connectivity index (χ1n) is 7.42. The molecule has 0 bridgehead atoms. The molecule has 2 rings (SSSR count). The van der Waals surface area contributed by atoms with E-state index in [1.165, 1.54) is 0 Å². The highest BCUT2D eigenvalue weighted by atomic mass is 16.5. The SMILES string of the molecule is CCC(CC)n1ccc(COc2ccccc2C(C)=O)n1. The van der Waals surface area contributed by atoms with Crippen LogP contribution in [-0.4, -0.2) is 15.6 Å². The normalized spacial score (nSPS) is 10.9. The van der Waals surface area contributed by atoms with Gasteiger partial charge in [-0.25, -0.2) is 0 Å². The largest absolute Gasteiger partial charge is 0.486 e. The third-order valence-electron chi connectivity index (χ3n) is 3.62. The first-order chi connectivity index (χ1) is 10.2. The Balaban J connectivity index is 2.05. The first kappa shape index (κ1) is 15.3. The molecule has 0 saturated carbocycles. The van der Waals surface area contributed by atoms with E-state index in [9.17, 15) is 4.79 Å². The maximum atomic E-state index is 11.5. The first-order valence-corrected chi connectivity index (χ1v) is 7.42. The summed E-state index contributed by atoms with van der Waals surface area (Å²) in [5.74, 6) is 0.621. The van der Waals surface area contributed by atoms with Crippen molar-refractivity contribution in [2.75, 3.05) is 0 Å². The number of ether oxygens (including phenoxy) is 1. The second-order valence-corrected chi connectivity index (χ2v) is 5.10. The predicted molar refractivity (Wildman–Crippen MR) is 82.6 cm³/mol. The highest BCUT2D eigenvalue weighted by Crippen LogP contribution is 2.20. The topological polar surface area (TPSA) is 44.1 Å². The molecule has 0 unspecified atom stereocenters. The van der Waals surface area contributed by atoms with Crippen molar-refractivity contribution in [2.45, 2.75) is 46.3 Å². The molecule has 21 heavy (non-hydrogen) atoms. The molecule has 4 nitrogen and oxygen atoms in total. The molecule has 0 aliphatic carbocycles. The summed E-state index contributed by atoms with van der Waals surface area (Å²) in [6, 6.07) is 9.70. The maximum absolute atomic E-state index is 11.5. The number of nitrogens with zero attached hydrogens (tertiary/aromatic N) is 2. The zero-order valence-corrected chi connectivity index (χ0v) is 12.9. The van der Waals surface area contributed by atoms with Gasteiger partial charge in [-0.2, -0.15) is 5.10 Å².